The van der Waals surface area contributed by atoms with Crippen LogP contribution in [0, 0.1) is 13.8 Å². The lowest BCUT2D eigenvalue weighted by Crippen LogP contribution is -2.32. The zero-order chi connectivity index (χ0) is 17.3. The molecule has 0 fully saturated rings. The number of aryl methyl sites for hydroxylation is 2. The van der Waals surface area contributed by atoms with E-state index in [4.69, 9.17) is 0 Å². The number of anilines is 1. The van der Waals surface area contributed by atoms with Gasteiger partial charge < -0.3 is 0 Å². The first-order chi connectivity index (χ1) is 11.4. The van der Waals surface area contributed by atoms with Crippen LogP contribution in [-0.2, 0) is 10.0 Å². The highest BCUT2D eigenvalue weighted by atomic mass is 32.2. The predicted molar refractivity (Wildman–Crippen MR) is 91.5 cm³/mol. The molecule has 7 nitrogen and oxygen atoms in total. The first-order valence-electron chi connectivity index (χ1n) is 7.72. The molecule has 0 aliphatic rings. The van der Waals surface area contributed by atoms with Crippen molar-refractivity contribution in [1.82, 2.24) is 19.6 Å². The number of rotatable bonds is 5. The topological polar surface area (TPSA) is 80.5 Å². The van der Waals surface area contributed by atoms with Gasteiger partial charge in [-0.25, -0.2) is 17.7 Å². The summed E-state index contributed by atoms with van der Waals surface area (Å²) in [5, 5.41) is 4.35. The van der Waals surface area contributed by atoms with Crippen molar-refractivity contribution in [3.8, 4) is 0 Å². The van der Waals surface area contributed by atoms with Crippen molar-refractivity contribution in [2.45, 2.75) is 32.1 Å². The molecule has 2 aromatic heterocycles. The van der Waals surface area contributed by atoms with E-state index in [0.717, 1.165) is 11.4 Å². The summed E-state index contributed by atoms with van der Waals surface area (Å²) in [4.78, 5) is 8.88. The van der Waals surface area contributed by atoms with Gasteiger partial charge in [0.25, 0.3) is 21.7 Å². The van der Waals surface area contributed by atoms with Gasteiger partial charge in [0.2, 0.25) is 0 Å². The van der Waals surface area contributed by atoms with Gasteiger partial charge in [-0.3, -0.25) is 0 Å². The lowest BCUT2D eigenvalue weighted by Gasteiger charge is -2.20. The van der Waals surface area contributed by atoms with E-state index >= 15 is 0 Å². The zero-order valence-electron chi connectivity index (χ0n) is 13.8. The lowest BCUT2D eigenvalue weighted by molar-refractivity contribution is 0.588. The molecular formula is C16H19N5O2S. The second-order valence-electron chi connectivity index (χ2n) is 5.55. The summed E-state index contributed by atoms with van der Waals surface area (Å²) >= 11 is 0. The summed E-state index contributed by atoms with van der Waals surface area (Å²) in [6, 6.07) is 10.2. The van der Waals surface area contributed by atoms with Crippen LogP contribution >= 0.6 is 0 Å². The molecule has 0 atom stereocenters. The first-order valence-corrected chi connectivity index (χ1v) is 9.16. The molecule has 0 N–H and O–H groups in total. The Bertz CT molecular complexity index is 967. The second kappa shape index (κ2) is 6.20. The quantitative estimate of drug-likeness (QED) is 0.709. The van der Waals surface area contributed by atoms with E-state index in [-0.39, 0.29) is 10.8 Å². The summed E-state index contributed by atoms with van der Waals surface area (Å²) in [5.74, 6) is 0.536. The molecule has 0 unspecified atom stereocenters. The lowest BCUT2D eigenvalue weighted by atomic mass is 10.4. The number of nitrogens with zero attached hydrogens (tertiary/aromatic N) is 5. The molecule has 3 rings (SSSR count). The molecule has 0 spiro atoms. The fourth-order valence-corrected chi connectivity index (χ4v) is 3.98. The van der Waals surface area contributed by atoms with Crippen molar-refractivity contribution >= 4 is 21.7 Å². The van der Waals surface area contributed by atoms with Crippen molar-refractivity contribution in [2.24, 2.45) is 0 Å². The zero-order valence-corrected chi connectivity index (χ0v) is 14.7. The molecule has 1 aromatic carbocycles. The normalized spacial score (nSPS) is 11.8. The minimum Gasteiger partial charge on any atom is -0.232 e. The van der Waals surface area contributed by atoms with Crippen LogP contribution in [-0.4, -0.2) is 34.5 Å². The van der Waals surface area contributed by atoms with Gasteiger partial charge in [0.15, 0.2) is 0 Å². The molecule has 0 amide bonds. The van der Waals surface area contributed by atoms with Crippen molar-refractivity contribution in [3.05, 3.63) is 47.8 Å². The maximum absolute atomic E-state index is 13.0. The van der Waals surface area contributed by atoms with E-state index in [0.29, 0.717) is 18.7 Å². The number of hydrogen-bond donors (Lipinski definition) is 0. The van der Waals surface area contributed by atoms with E-state index < -0.39 is 10.0 Å². The molecule has 0 aliphatic heterocycles. The Kier molecular flexibility index (Phi) is 4.23. The molecule has 0 aliphatic carbocycles. The fourth-order valence-electron chi connectivity index (χ4n) is 2.51. The van der Waals surface area contributed by atoms with E-state index in [1.54, 1.807) is 34.8 Å². The van der Waals surface area contributed by atoms with Crippen molar-refractivity contribution in [1.29, 1.82) is 0 Å². The van der Waals surface area contributed by atoms with E-state index in [1.165, 1.54) is 4.31 Å². The molecule has 0 saturated heterocycles. The molecule has 8 heteroatoms. The van der Waals surface area contributed by atoms with Crippen LogP contribution in [0.1, 0.15) is 24.7 Å². The van der Waals surface area contributed by atoms with Gasteiger partial charge in [0, 0.05) is 17.9 Å². The number of fused-ring (bicyclic) bond motifs is 1. The van der Waals surface area contributed by atoms with Crippen LogP contribution < -0.4 is 4.31 Å². The van der Waals surface area contributed by atoms with Crippen LogP contribution in [0.25, 0.3) is 5.78 Å². The second-order valence-corrected chi connectivity index (χ2v) is 7.42. The van der Waals surface area contributed by atoms with Gasteiger partial charge in [-0.05, 0) is 38.5 Å². The van der Waals surface area contributed by atoms with Gasteiger partial charge in [-0.1, -0.05) is 25.1 Å². The Balaban J connectivity index is 2.14. The average Bonchev–Trinajstić information content (AvgIpc) is 2.97. The minimum atomic E-state index is -3.72. The molecule has 3 aromatic rings. The molecule has 126 valence electrons. The van der Waals surface area contributed by atoms with Crippen LogP contribution in [0.4, 0.5) is 5.95 Å². The van der Waals surface area contributed by atoms with Crippen LogP contribution in [0.3, 0.4) is 0 Å². The summed E-state index contributed by atoms with van der Waals surface area (Å²) in [6.45, 7) is 5.96. The average molecular weight is 345 g/mol. The highest BCUT2D eigenvalue weighted by Crippen LogP contribution is 2.21. The van der Waals surface area contributed by atoms with Crippen molar-refractivity contribution < 1.29 is 8.42 Å². The van der Waals surface area contributed by atoms with Gasteiger partial charge in [-0.15, -0.1) is 5.10 Å². The number of hydrogen-bond acceptors (Lipinski definition) is 5. The highest BCUT2D eigenvalue weighted by Gasteiger charge is 2.27. The Morgan fingerprint density at radius 3 is 2.50 bits per heavy atom. The highest BCUT2D eigenvalue weighted by molar-refractivity contribution is 7.92. The van der Waals surface area contributed by atoms with Crippen molar-refractivity contribution in [3.63, 3.8) is 0 Å². The largest absolute Gasteiger partial charge is 0.266 e. The smallest absolute Gasteiger partial charge is 0.232 e. The molecule has 2 heterocycles. The van der Waals surface area contributed by atoms with Crippen LogP contribution in [0.5, 0.6) is 0 Å². The van der Waals surface area contributed by atoms with Crippen molar-refractivity contribution in [2.75, 3.05) is 10.8 Å². The minimum absolute atomic E-state index is 0.141. The van der Waals surface area contributed by atoms with E-state index in [2.05, 4.69) is 15.1 Å². The van der Waals surface area contributed by atoms with Crippen LogP contribution in [0.2, 0.25) is 0 Å². The predicted octanol–water partition coefficient (Wildman–Crippen LogP) is 2.35. The molecular weight excluding hydrogens is 326 g/mol. The van der Waals surface area contributed by atoms with Gasteiger partial charge >= 0.3 is 0 Å². The standard InChI is InChI=1S/C16H19N5O2S/c1-4-10-20(24(22,23)14-8-6-5-7-9-14)16-18-15-17-12(2)11-13(3)21(15)19-16/h5-9,11H,4,10H2,1-3H3. The van der Waals surface area contributed by atoms with E-state index in [9.17, 15) is 8.42 Å². The number of aromatic nitrogens is 4. The number of benzene rings is 1. The third-order valence-electron chi connectivity index (χ3n) is 3.59. The Labute approximate surface area is 141 Å². The molecule has 0 bridgehead atoms. The maximum Gasteiger partial charge on any atom is 0.266 e. The van der Waals surface area contributed by atoms with Gasteiger partial charge in [-0.2, -0.15) is 9.50 Å². The summed E-state index contributed by atoms with van der Waals surface area (Å²) in [6.07, 6.45) is 0.646. The SMILES string of the molecule is CCCN(c1nc2nc(C)cc(C)n2n1)S(=O)(=O)c1ccccc1. The summed E-state index contributed by atoms with van der Waals surface area (Å²) < 4.78 is 28.7. The Morgan fingerprint density at radius 1 is 1.12 bits per heavy atom. The summed E-state index contributed by atoms with van der Waals surface area (Å²) in [7, 11) is -3.72. The Hall–Kier alpha value is -2.48. The summed E-state index contributed by atoms with van der Waals surface area (Å²) in [5.41, 5.74) is 1.66. The van der Waals surface area contributed by atoms with E-state index in [1.807, 2.05) is 26.8 Å². The number of sulfonamides is 1. The first kappa shape index (κ1) is 16.4. The maximum atomic E-state index is 13.0. The third-order valence-corrected chi connectivity index (χ3v) is 5.38. The van der Waals surface area contributed by atoms with Crippen LogP contribution in [0.15, 0.2) is 41.3 Å². The van der Waals surface area contributed by atoms with Gasteiger partial charge in [0.05, 0.1) is 4.90 Å². The molecule has 0 saturated carbocycles. The molecule has 0 radical (unpaired) electrons. The third kappa shape index (κ3) is 2.84. The van der Waals surface area contributed by atoms with Gasteiger partial charge in [0.1, 0.15) is 0 Å². The fraction of sp³-hybridized carbons (Fsp3) is 0.312. The molecule has 24 heavy (non-hydrogen) atoms. The Morgan fingerprint density at radius 2 is 1.83 bits per heavy atom. The monoisotopic (exact) mass is 345 g/mol.